The van der Waals surface area contributed by atoms with E-state index >= 15 is 0 Å². The summed E-state index contributed by atoms with van der Waals surface area (Å²) in [5.41, 5.74) is 0.650. The van der Waals surface area contributed by atoms with E-state index in [4.69, 9.17) is 0 Å². The molecule has 1 atom stereocenters. The third-order valence-corrected chi connectivity index (χ3v) is 6.78. The van der Waals surface area contributed by atoms with Crippen LogP contribution in [-0.4, -0.2) is 60.4 Å². The summed E-state index contributed by atoms with van der Waals surface area (Å²) in [5.74, 6) is 0.657. The van der Waals surface area contributed by atoms with Gasteiger partial charge in [0.15, 0.2) is 0 Å². The van der Waals surface area contributed by atoms with E-state index in [0.717, 1.165) is 12.8 Å². The second-order valence-corrected chi connectivity index (χ2v) is 9.40. The zero-order chi connectivity index (χ0) is 22.4. The van der Waals surface area contributed by atoms with Gasteiger partial charge in [0.25, 0.3) is 0 Å². The van der Waals surface area contributed by atoms with Gasteiger partial charge in [0.1, 0.15) is 16.9 Å². The lowest BCUT2D eigenvalue weighted by Gasteiger charge is -2.27. The fourth-order valence-corrected chi connectivity index (χ4v) is 4.32. The topological polar surface area (TPSA) is 129 Å². The maximum Gasteiger partial charge on any atom is 0.242 e. The lowest BCUT2D eigenvalue weighted by atomic mass is 9.93. The molecule has 4 N–H and O–H groups in total. The smallest absolute Gasteiger partial charge is 0.242 e. The summed E-state index contributed by atoms with van der Waals surface area (Å²) in [6, 6.07) is 3.07. The Hall–Kier alpha value is -2.37. The molecule has 0 unspecified atom stereocenters. The molecule has 1 aliphatic carbocycles. The average molecular weight is 453 g/mol. The van der Waals surface area contributed by atoms with Crippen molar-refractivity contribution in [1.82, 2.24) is 19.7 Å². The summed E-state index contributed by atoms with van der Waals surface area (Å²) in [6.07, 6.45) is 4.89. The molecule has 0 saturated heterocycles. The first-order valence-electron chi connectivity index (χ1n) is 10.4. The minimum absolute atomic E-state index is 0.0127. The van der Waals surface area contributed by atoms with Crippen LogP contribution in [0.5, 0.6) is 0 Å². The van der Waals surface area contributed by atoms with Crippen molar-refractivity contribution < 1.29 is 17.9 Å². The van der Waals surface area contributed by atoms with Crippen LogP contribution in [-0.2, 0) is 10.0 Å². The Bertz CT molecular complexity index is 983. The van der Waals surface area contributed by atoms with E-state index < -0.39 is 16.2 Å². The maximum absolute atomic E-state index is 13.7. The van der Waals surface area contributed by atoms with Crippen molar-refractivity contribution in [2.45, 2.75) is 62.2 Å². The van der Waals surface area contributed by atoms with Gasteiger partial charge in [0, 0.05) is 25.0 Å². The molecule has 3 rings (SSSR count). The van der Waals surface area contributed by atoms with Gasteiger partial charge >= 0.3 is 0 Å². The predicted octanol–water partition coefficient (Wildman–Crippen LogP) is 2.32. The Kier molecular flexibility index (Phi) is 7.74. The first kappa shape index (κ1) is 23.3. The molecule has 2 heterocycles. The number of hydrogen-bond acceptors (Lipinski definition) is 8. The molecule has 1 aliphatic rings. The minimum Gasteiger partial charge on any atom is -0.393 e. The largest absolute Gasteiger partial charge is 0.393 e. The number of anilines is 2. The number of aliphatic hydroxyl groups is 1. The fourth-order valence-electron chi connectivity index (χ4n) is 3.43. The highest BCUT2D eigenvalue weighted by molar-refractivity contribution is 7.89. The number of nitrogens with zero attached hydrogens (tertiary/aromatic N) is 3. The molecule has 170 valence electrons. The molecule has 0 radical (unpaired) electrons. The standard InChI is InChI=1S/C20H29FN6O3S/c1-3-13(21)11-24-20-25-12-16(18-17(5-4-10-23-18)31(29,30)22-2)19(27-20)26-14-6-8-15(28)9-7-14/h4-5,10,12-15,22,28H,3,6-9,11H2,1-2H3,(H2,24,25,26,27)/t13-,14?,15?/m0/s1. The van der Waals surface area contributed by atoms with Gasteiger partial charge in [-0.05, 0) is 51.3 Å². The summed E-state index contributed by atoms with van der Waals surface area (Å²) >= 11 is 0. The van der Waals surface area contributed by atoms with Gasteiger partial charge in [-0.25, -0.2) is 22.5 Å². The predicted molar refractivity (Wildman–Crippen MR) is 117 cm³/mol. The van der Waals surface area contributed by atoms with Crippen LogP contribution < -0.4 is 15.4 Å². The summed E-state index contributed by atoms with van der Waals surface area (Å²) in [5, 5.41) is 16.0. The van der Waals surface area contributed by atoms with Crippen LogP contribution in [0.3, 0.4) is 0 Å². The van der Waals surface area contributed by atoms with Crippen molar-refractivity contribution in [2.75, 3.05) is 24.2 Å². The molecular weight excluding hydrogens is 423 g/mol. The first-order valence-corrected chi connectivity index (χ1v) is 11.9. The Morgan fingerprint density at radius 1 is 1.26 bits per heavy atom. The van der Waals surface area contributed by atoms with Crippen LogP contribution in [0.4, 0.5) is 16.2 Å². The summed E-state index contributed by atoms with van der Waals surface area (Å²) in [6.45, 7) is 1.83. The number of rotatable bonds is 9. The highest BCUT2D eigenvalue weighted by Crippen LogP contribution is 2.32. The van der Waals surface area contributed by atoms with Crippen LogP contribution in [0, 0.1) is 0 Å². The van der Waals surface area contributed by atoms with E-state index in [1.54, 1.807) is 13.0 Å². The SMILES string of the molecule is CC[C@H](F)CNc1ncc(-c2ncccc2S(=O)(=O)NC)c(NC2CCC(O)CC2)n1. The molecule has 11 heteroatoms. The van der Waals surface area contributed by atoms with Crippen LogP contribution in [0.15, 0.2) is 29.4 Å². The summed E-state index contributed by atoms with van der Waals surface area (Å²) in [4.78, 5) is 13.1. The van der Waals surface area contributed by atoms with Crippen LogP contribution in [0.1, 0.15) is 39.0 Å². The monoisotopic (exact) mass is 452 g/mol. The number of sulfonamides is 1. The van der Waals surface area contributed by atoms with Crippen molar-refractivity contribution in [3.63, 3.8) is 0 Å². The highest BCUT2D eigenvalue weighted by atomic mass is 32.2. The Morgan fingerprint density at radius 2 is 2.00 bits per heavy atom. The quantitative estimate of drug-likeness (QED) is 0.456. The molecule has 0 aliphatic heterocycles. The molecule has 1 fully saturated rings. The van der Waals surface area contributed by atoms with Gasteiger partial charge in [0.05, 0.1) is 17.4 Å². The number of aromatic nitrogens is 3. The van der Waals surface area contributed by atoms with Crippen molar-refractivity contribution in [2.24, 2.45) is 0 Å². The first-order chi connectivity index (χ1) is 14.8. The molecule has 0 amide bonds. The van der Waals surface area contributed by atoms with Crippen LogP contribution >= 0.6 is 0 Å². The number of hydrogen-bond donors (Lipinski definition) is 4. The Balaban J connectivity index is 1.99. The van der Waals surface area contributed by atoms with E-state index in [0.29, 0.717) is 30.6 Å². The zero-order valence-electron chi connectivity index (χ0n) is 17.7. The molecule has 0 spiro atoms. The second kappa shape index (κ2) is 10.3. The third-order valence-electron chi connectivity index (χ3n) is 5.34. The average Bonchev–Trinajstić information content (AvgIpc) is 2.79. The van der Waals surface area contributed by atoms with E-state index in [2.05, 4.69) is 30.3 Å². The maximum atomic E-state index is 13.7. The van der Waals surface area contributed by atoms with Gasteiger partial charge < -0.3 is 15.7 Å². The lowest BCUT2D eigenvalue weighted by molar-refractivity contribution is 0.126. The molecule has 31 heavy (non-hydrogen) atoms. The number of aliphatic hydroxyl groups excluding tert-OH is 1. The molecular formula is C20H29FN6O3S. The van der Waals surface area contributed by atoms with E-state index in [-0.39, 0.29) is 35.2 Å². The summed E-state index contributed by atoms with van der Waals surface area (Å²) in [7, 11) is -2.43. The van der Waals surface area contributed by atoms with Gasteiger partial charge in [-0.3, -0.25) is 4.98 Å². The fraction of sp³-hybridized carbons (Fsp3) is 0.550. The number of pyridine rings is 1. The number of alkyl halides is 1. The van der Waals surface area contributed by atoms with Crippen molar-refractivity contribution in [1.29, 1.82) is 0 Å². The molecule has 0 aromatic carbocycles. The van der Waals surface area contributed by atoms with Crippen molar-refractivity contribution in [3.05, 3.63) is 24.5 Å². The summed E-state index contributed by atoms with van der Waals surface area (Å²) < 4.78 is 41.0. The van der Waals surface area contributed by atoms with Gasteiger partial charge in [-0.2, -0.15) is 4.98 Å². The molecule has 2 aromatic rings. The van der Waals surface area contributed by atoms with Gasteiger partial charge in [0.2, 0.25) is 16.0 Å². The van der Waals surface area contributed by atoms with E-state index in [9.17, 15) is 17.9 Å². The third kappa shape index (κ3) is 5.86. The molecule has 0 bridgehead atoms. The van der Waals surface area contributed by atoms with E-state index in [1.165, 1.54) is 25.5 Å². The highest BCUT2D eigenvalue weighted by Gasteiger charge is 2.25. The van der Waals surface area contributed by atoms with Crippen molar-refractivity contribution >= 4 is 21.8 Å². The van der Waals surface area contributed by atoms with Crippen LogP contribution in [0.2, 0.25) is 0 Å². The number of nitrogens with one attached hydrogen (secondary N) is 3. The molecule has 2 aromatic heterocycles. The van der Waals surface area contributed by atoms with E-state index in [1.807, 2.05) is 0 Å². The zero-order valence-corrected chi connectivity index (χ0v) is 18.5. The Labute approximate surface area is 182 Å². The van der Waals surface area contributed by atoms with Crippen molar-refractivity contribution in [3.8, 4) is 11.3 Å². The lowest BCUT2D eigenvalue weighted by Crippen LogP contribution is -2.29. The van der Waals surface area contributed by atoms with Gasteiger partial charge in [-0.1, -0.05) is 6.92 Å². The molecule has 1 saturated carbocycles. The normalized spacial score (nSPS) is 20.3. The number of halogens is 1. The second-order valence-electron chi connectivity index (χ2n) is 7.55. The molecule has 9 nitrogen and oxygen atoms in total. The Morgan fingerprint density at radius 3 is 2.68 bits per heavy atom. The van der Waals surface area contributed by atoms with Gasteiger partial charge in [-0.15, -0.1) is 0 Å². The minimum atomic E-state index is -3.76. The van der Waals surface area contributed by atoms with Crippen LogP contribution in [0.25, 0.3) is 11.3 Å².